The second-order valence-corrected chi connectivity index (χ2v) is 5.46. The van der Waals surface area contributed by atoms with Gasteiger partial charge in [0.25, 0.3) is 0 Å². The molecular formula is C15H24N2O2. The number of rotatable bonds is 6. The molecule has 19 heavy (non-hydrogen) atoms. The highest BCUT2D eigenvalue weighted by atomic mass is 16.7. The Kier molecular flexibility index (Phi) is 4.53. The molecule has 0 radical (unpaired) electrons. The zero-order valence-electron chi connectivity index (χ0n) is 12.2. The summed E-state index contributed by atoms with van der Waals surface area (Å²) in [5.41, 5.74) is 2.32. The van der Waals surface area contributed by atoms with Gasteiger partial charge in [-0.25, -0.2) is 0 Å². The lowest BCUT2D eigenvalue weighted by Gasteiger charge is -2.22. The normalized spacial score (nSPS) is 14.8. The first kappa shape index (κ1) is 14.0. The predicted octanol–water partition coefficient (Wildman–Crippen LogP) is 2.63. The summed E-state index contributed by atoms with van der Waals surface area (Å²) >= 11 is 0. The molecule has 2 N–H and O–H groups in total. The molecular weight excluding hydrogens is 240 g/mol. The first-order valence-electron chi connectivity index (χ1n) is 6.90. The van der Waals surface area contributed by atoms with Crippen LogP contribution in [0.15, 0.2) is 12.1 Å². The van der Waals surface area contributed by atoms with Gasteiger partial charge in [-0.15, -0.1) is 0 Å². The Hall–Kier alpha value is -1.42. The van der Waals surface area contributed by atoms with Crippen molar-refractivity contribution in [3.05, 3.63) is 17.7 Å². The van der Waals surface area contributed by atoms with Gasteiger partial charge in [-0.05, 0) is 44.0 Å². The third-order valence-electron chi connectivity index (χ3n) is 3.68. The van der Waals surface area contributed by atoms with E-state index in [4.69, 9.17) is 9.47 Å². The van der Waals surface area contributed by atoms with Crippen molar-refractivity contribution in [1.29, 1.82) is 0 Å². The van der Waals surface area contributed by atoms with Crippen LogP contribution in [0, 0.1) is 18.8 Å². The highest BCUT2D eigenvalue weighted by Crippen LogP contribution is 2.36. The van der Waals surface area contributed by atoms with Crippen molar-refractivity contribution in [1.82, 2.24) is 5.32 Å². The van der Waals surface area contributed by atoms with Crippen molar-refractivity contribution in [3.8, 4) is 11.5 Å². The maximum absolute atomic E-state index is 5.42. The fourth-order valence-electron chi connectivity index (χ4n) is 2.28. The van der Waals surface area contributed by atoms with Gasteiger partial charge < -0.3 is 20.1 Å². The Bertz CT molecular complexity index is 432. The Labute approximate surface area is 115 Å². The van der Waals surface area contributed by atoms with Crippen molar-refractivity contribution >= 4 is 5.69 Å². The van der Waals surface area contributed by atoms with Crippen LogP contribution in [0.3, 0.4) is 0 Å². The summed E-state index contributed by atoms with van der Waals surface area (Å²) in [5.74, 6) is 2.94. The van der Waals surface area contributed by atoms with E-state index < -0.39 is 0 Å². The summed E-state index contributed by atoms with van der Waals surface area (Å²) in [6.45, 7) is 8.92. The molecule has 1 atom stereocenters. The maximum Gasteiger partial charge on any atom is 0.231 e. The van der Waals surface area contributed by atoms with Crippen molar-refractivity contribution < 1.29 is 9.47 Å². The maximum atomic E-state index is 5.42. The molecule has 106 valence electrons. The van der Waals surface area contributed by atoms with Gasteiger partial charge in [0.15, 0.2) is 11.5 Å². The summed E-state index contributed by atoms with van der Waals surface area (Å²) in [7, 11) is 2.00. The minimum atomic E-state index is 0.326. The largest absolute Gasteiger partial charge is 0.454 e. The molecule has 1 unspecified atom stereocenters. The monoisotopic (exact) mass is 264 g/mol. The lowest BCUT2D eigenvalue weighted by molar-refractivity contribution is 0.174. The second-order valence-electron chi connectivity index (χ2n) is 5.46. The van der Waals surface area contributed by atoms with Crippen LogP contribution in [-0.4, -0.2) is 26.9 Å². The van der Waals surface area contributed by atoms with E-state index in [2.05, 4.69) is 31.4 Å². The number of benzene rings is 1. The van der Waals surface area contributed by atoms with Crippen LogP contribution < -0.4 is 20.1 Å². The van der Waals surface area contributed by atoms with Crippen molar-refractivity contribution in [2.45, 2.75) is 20.8 Å². The average molecular weight is 264 g/mol. The van der Waals surface area contributed by atoms with Gasteiger partial charge in [0, 0.05) is 18.3 Å². The average Bonchev–Trinajstić information content (AvgIpc) is 2.80. The molecule has 1 aromatic carbocycles. The van der Waals surface area contributed by atoms with Crippen LogP contribution in [-0.2, 0) is 0 Å². The molecule has 0 spiro atoms. The Morgan fingerprint density at radius 3 is 2.47 bits per heavy atom. The number of hydrogen-bond donors (Lipinski definition) is 2. The summed E-state index contributed by atoms with van der Waals surface area (Å²) in [5, 5.41) is 6.79. The zero-order valence-corrected chi connectivity index (χ0v) is 12.2. The third-order valence-corrected chi connectivity index (χ3v) is 3.68. The van der Waals surface area contributed by atoms with Crippen LogP contribution in [0.5, 0.6) is 11.5 Å². The molecule has 0 saturated carbocycles. The predicted molar refractivity (Wildman–Crippen MR) is 78.0 cm³/mol. The topological polar surface area (TPSA) is 42.5 Å². The summed E-state index contributed by atoms with van der Waals surface area (Å²) in [6, 6.07) is 4.07. The van der Waals surface area contributed by atoms with Gasteiger partial charge in [0.1, 0.15) is 0 Å². The van der Waals surface area contributed by atoms with E-state index >= 15 is 0 Å². The van der Waals surface area contributed by atoms with E-state index in [1.165, 1.54) is 5.56 Å². The minimum absolute atomic E-state index is 0.326. The van der Waals surface area contributed by atoms with Gasteiger partial charge in [-0.1, -0.05) is 13.8 Å². The van der Waals surface area contributed by atoms with Crippen LogP contribution >= 0.6 is 0 Å². The molecule has 0 bridgehead atoms. The zero-order chi connectivity index (χ0) is 13.8. The molecule has 1 aromatic rings. The highest BCUT2D eigenvalue weighted by molar-refractivity contribution is 5.60. The second kappa shape index (κ2) is 6.15. The lowest BCUT2D eigenvalue weighted by atomic mass is 9.95. The molecule has 1 aliphatic heterocycles. The number of nitrogens with one attached hydrogen (secondary N) is 2. The number of hydrogen-bond acceptors (Lipinski definition) is 4. The van der Waals surface area contributed by atoms with Crippen LogP contribution in [0.1, 0.15) is 19.4 Å². The summed E-state index contributed by atoms with van der Waals surface area (Å²) < 4.78 is 10.8. The van der Waals surface area contributed by atoms with Crippen LogP contribution in [0.2, 0.25) is 0 Å². The lowest BCUT2D eigenvalue weighted by Crippen LogP contribution is -2.29. The van der Waals surface area contributed by atoms with Crippen LogP contribution in [0.4, 0.5) is 5.69 Å². The molecule has 0 aromatic heterocycles. The third kappa shape index (κ3) is 3.32. The number of anilines is 1. The van der Waals surface area contributed by atoms with Gasteiger partial charge in [-0.3, -0.25) is 0 Å². The fraction of sp³-hybridized carbons (Fsp3) is 0.600. The SMILES string of the molecule is CNCC(CNc1cc2c(cc1C)OCO2)C(C)C. The number of fused-ring (bicyclic) bond motifs is 1. The van der Waals surface area contributed by atoms with E-state index in [9.17, 15) is 0 Å². The smallest absolute Gasteiger partial charge is 0.231 e. The Morgan fingerprint density at radius 2 is 1.84 bits per heavy atom. The standard InChI is InChI=1S/C15H24N2O2/c1-10(2)12(7-16-4)8-17-13-6-15-14(5-11(13)3)18-9-19-15/h5-6,10,12,16-17H,7-9H2,1-4H3. The van der Waals surface area contributed by atoms with Crippen molar-refractivity contribution in [3.63, 3.8) is 0 Å². The summed E-state index contributed by atoms with van der Waals surface area (Å²) in [4.78, 5) is 0. The van der Waals surface area contributed by atoms with E-state index in [1.807, 2.05) is 19.2 Å². The van der Waals surface area contributed by atoms with Gasteiger partial charge in [0.2, 0.25) is 6.79 Å². The number of aryl methyl sites for hydroxylation is 1. The van der Waals surface area contributed by atoms with E-state index in [0.717, 1.165) is 30.3 Å². The molecule has 0 fully saturated rings. The minimum Gasteiger partial charge on any atom is -0.454 e. The number of ether oxygens (including phenoxy) is 2. The van der Waals surface area contributed by atoms with E-state index in [0.29, 0.717) is 18.6 Å². The Morgan fingerprint density at radius 1 is 1.16 bits per heavy atom. The van der Waals surface area contributed by atoms with Crippen molar-refractivity contribution in [2.75, 3.05) is 32.2 Å². The fourth-order valence-corrected chi connectivity index (χ4v) is 2.28. The van der Waals surface area contributed by atoms with E-state index in [1.54, 1.807) is 0 Å². The molecule has 4 heteroatoms. The van der Waals surface area contributed by atoms with Gasteiger partial charge in [0.05, 0.1) is 0 Å². The molecule has 4 nitrogen and oxygen atoms in total. The highest BCUT2D eigenvalue weighted by Gasteiger charge is 2.17. The Balaban J connectivity index is 2.03. The molecule has 2 rings (SSSR count). The molecule has 0 saturated heterocycles. The molecule has 0 amide bonds. The van der Waals surface area contributed by atoms with Crippen LogP contribution in [0.25, 0.3) is 0 Å². The van der Waals surface area contributed by atoms with E-state index in [-0.39, 0.29) is 0 Å². The van der Waals surface area contributed by atoms with Gasteiger partial charge >= 0.3 is 0 Å². The van der Waals surface area contributed by atoms with Gasteiger partial charge in [-0.2, -0.15) is 0 Å². The first-order valence-corrected chi connectivity index (χ1v) is 6.90. The summed E-state index contributed by atoms with van der Waals surface area (Å²) in [6.07, 6.45) is 0. The molecule has 0 aliphatic carbocycles. The first-order chi connectivity index (χ1) is 9.11. The molecule has 1 aliphatic rings. The van der Waals surface area contributed by atoms with Crippen molar-refractivity contribution in [2.24, 2.45) is 11.8 Å². The quantitative estimate of drug-likeness (QED) is 0.829. The molecule has 1 heterocycles.